The maximum Gasteiger partial charge on any atom is 0.342 e. The van der Waals surface area contributed by atoms with Gasteiger partial charge in [0.1, 0.15) is 50.8 Å². The lowest BCUT2D eigenvalue weighted by Gasteiger charge is -2.24. The average molecular weight is 935 g/mol. The van der Waals surface area contributed by atoms with E-state index in [1.165, 1.54) is 0 Å². The fourth-order valence-corrected chi connectivity index (χ4v) is 7.14. The molecule has 10 heteroatoms. The molecule has 70 heavy (non-hydrogen) atoms. The van der Waals surface area contributed by atoms with E-state index >= 15 is 0 Å². The molecule has 0 fully saturated rings. The van der Waals surface area contributed by atoms with Crippen molar-refractivity contribution in [2.45, 2.75) is 66.0 Å². The maximum absolute atomic E-state index is 14.9. The van der Waals surface area contributed by atoms with Gasteiger partial charge in [0.05, 0.1) is 5.56 Å². The van der Waals surface area contributed by atoms with Crippen LogP contribution in [0, 0.1) is 0 Å². The van der Waals surface area contributed by atoms with Crippen molar-refractivity contribution < 1.29 is 47.5 Å². The largest absolute Gasteiger partial charge is 0.485 e. The Labute approximate surface area is 408 Å². The van der Waals surface area contributed by atoms with Gasteiger partial charge in [-0.15, -0.1) is 0 Å². The third kappa shape index (κ3) is 13.6. The van der Waals surface area contributed by atoms with Gasteiger partial charge in [-0.25, -0.2) is 9.59 Å². The van der Waals surface area contributed by atoms with Crippen LogP contribution < -0.4 is 28.4 Å². The van der Waals surface area contributed by atoms with E-state index in [1.54, 1.807) is 39.0 Å². The van der Waals surface area contributed by atoms with E-state index in [-0.39, 0.29) is 91.0 Å². The lowest BCUT2D eigenvalue weighted by atomic mass is 10.1. The first kappa shape index (κ1) is 48.0. The minimum Gasteiger partial charge on any atom is -0.485 e. The molecule has 0 saturated heterocycles. The van der Waals surface area contributed by atoms with Gasteiger partial charge in [0, 0.05) is 6.07 Å². The van der Waals surface area contributed by atoms with Crippen LogP contribution in [0.1, 0.15) is 74.9 Å². The van der Waals surface area contributed by atoms with Gasteiger partial charge < -0.3 is 37.9 Å². The Morgan fingerprint density at radius 3 is 1.06 bits per heavy atom. The van der Waals surface area contributed by atoms with Crippen LogP contribution >= 0.6 is 0 Å². The number of benzene rings is 8. The summed E-state index contributed by atoms with van der Waals surface area (Å²) in [6.45, 7) is 5.75. The Bertz CT molecular complexity index is 2860. The van der Waals surface area contributed by atoms with Crippen LogP contribution in [-0.4, -0.2) is 17.5 Å². The van der Waals surface area contributed by atoms with Crippen molar-refractivity contribution >= 4 is 11.9 Å². The Morgan fingerprint density at radius 1 is 0.357 bits per heavy atom. The summed E-state index contributed by atoms with van der Waals surface area (Å²) >= 11 is 0. The molecule has 0 unspecified atom stereocenters. The quantitative estimate of drug-likeness (QED) is 0.0646. The molecule has 0 aliphatic heterocycles. The molecule has 8 aromatic carbocycles. The second kappa shape index (κ2) is 23.5. The molecule has 0 atom stereocenters. The van der Waals surface area contributed by atoms with Crippen molar-refractivity contribution in [2.75, 3.05) is 0 Å². The minimum atomic E-state index is -0.817. The van der Waals surface area contributed by atoms with Crippen molar-refractivity contribution in [3.63, 3.8) is 0 Å². The number of carbonyl (C=O) groups is 2. The van der Waals surface area contributed by atoms with Gasteiger partial charge in [-0.2, -0.15) is 0 Å². The van der Waals surface area contributed by atoms with Gasteiger partial charge in [0.2, 0.25) is 17.2 Å². The maximum atomic E-state index is 14.9. The smallest absolute Gasteiger partial charge is 0.342 e. The Balaban J connectivity index is 1.34. The van der Waals surface area contributed by atoms with Crippen molar-refractivity contribution in [1.29, 1.82) is 0 Å². The topological polar surface area (TPSA) is 108 Å². The molecule has 0 aliphatic carbocycles. The summed E-state index contributed by atoms with van der Waals surface area (Å²) in [7, 11) is 0. The van der Waals surface area contributed by atoms with Crippen LogP contribution in [0.5, 0.6) is 40.2 Å². The lowest BCUT2D eigenvalue weighted by Crippen LogP contribution is -2.24. The molecular weight excluding hydrogens is 881 g/mol. The van der Waals surface area contributed by atoms with Crippen molar-refractivity contribution in [1.82, 2.24) is 0 Å². The summed E-state index contributed by atoms with van der Waals surface area (Å²) in [6.07, 6.45) is 0. The molecule has 8 rings (SSSR count). The Hall–Kier alpha value is -8.50. The number of hydrogen-bond donors (Lipinski definition) is 0. The lowest BCUT2D eigenvalue weighted by molar-refractivity contribution is 0.00682. The van der Waals surface area contributed by atoms with E-state index in [1.807, 2.05) is 182 Å². The zero-order chi connectivity index (χ0) is 48.5. The second-order valence-electron chi connectivity index (χ2n) is 17.2. The normalized spacial score (nSPS) is 11.0. The fourth-order valence-electron chi connectivity index (χ4n) is 7.14. The van der Waals surface area contributed by atoms with Crippen LogP contribution in [0.15, 0.2) is 200 Å². The van der Waals surface area contributed by atoms with E-state index in [9.17, 15) is 9.59 Å². The number of carbonyl (C=O) groups excluding carboxylic acids is 2. The molecule has 354 valence electrons. The number of rotatable bonds is 21. The third-order valence-electron chi connectivity index (χ3n) is 10.6. The third-order valence-corrected chi connectivity index (χ3v) is 10.6. The predicted octanol–water partition coefficient (Wildman–Crippen LogP) is 13.7. The van der Waals surface area contributed by atoms with Crippen LogP contribution in [0.25, 0.3) is 0 Å². The van der Waals surface area contributed by atoms with Crippen molar-refractivity contribution in [2.24, 2.45) is 0 Å². The molecule has 0 N–H and O–H groups in total. The first-order valence-electron chi connectivity index (χ1n) is 23.0. The SMILES string of the molecule is CC(C)(C)OC(=O)c1cc(OCc2ccccc2)c(Oc2c(C(=O)OCc3ccccc3)cc(OCc3ccccc3)c(OCc3ccccc3)c2OCc2ccccc2)c(OCc2ccccc2)c1. The first-order chi connectivity index (χ1) is 34.1. The van der Waals surface area contributed by atoms with E-state index in [2.05, 4.69) is 0 Å². The molecule has 0 heterocycles. The zero-order valence-electron chi connectivity index (χ0n) is 39.4. The molecule has 10 nitrogen and oxygen atoms in total. The van der Waals surface area contributed by atoms with Crippen LogP contribution in [-0.2, 0) is 49.1 Å². The van der Waals surface area contributed by atoms with Crippen LogP contribution in [0.4, 0.5) is 0 Å². The van der Waals surface area contributed by atoms with Crippen LogP contribution in [0.2, 0.25) is 0 Å². The molecule has 0 spiro atoms. The van der Waals surface area contributed by atoms with E-state index < -0.39 is 17.5 Å². The monoisotopic (exact) mass is 934 g/mol. The van der Waals surface area contributed by atoms with Crippen molar-refractivity contribution in [3.05, 3.63) is 245 Å². The van der Waals surface area contributed by atoms with Gasteiger partial charge in [-0.3, -0.25) is 0 Å². The number of ether oxygens (including phenoxy) is 8. The van der Waals surface area contributed by atoms with E-state index in [4.69, 9.17) is 37.9 Å². The molecule has 0 saturated carbocycles. The second-order valence-corrected chi connectivity index (χ2v) is 17.2. The summed E-state index contributed by atoms with van der Waals surface area (Å²) < 4.78 is 52.4. The summed E-state index contributed by atoms with van der Waals surface area (Å²) in [5, 5.41) is 0. The van der Waals surface area contributed by atoms with E-state index in [0.29, 0.717) is 0 Å². The molecule has 0 radical (unpaired) electrons. The van der Waals surface area contributed by atoms with Gasteiger partial charge >= 0.3 is 11.9 Å². The predicted molar refractivity (Wildman–Crippen MR) is 268 cm³/mol. The van der Waals surface area contributed by atoms with Gasteiger partial charge in [0.25, 0.3) is 0 Å². The summed E-state index contributed by atoms with van der Waals surface area (Å²) in [4.78, 5) is 28.8. The van der Waals surface area contributed by atoms with Gasteiger partial charge in [-0.1, -0.05) is 182 Å². The molecule has 0 aromatic heterocycles. The minimum absolute atomic E-state index is 0.0336. The van der Waals surface area contributed by atoms with E-state index in [0.717, 1.165) is 33.4 Å². The number of hydrogen-bond acceptors (Lipinski definition) is 10. The van der Waals surface area contributed by atoms with Crippen molar-refractivity contribution in [3.8, 4) is 40.2 Å². The highest BCUT2D eigenvalue weighted by Gasteiger charge is 2.32. The van der Waals surface area contributed by atoms with Gasteiger partial charge in [0.15, 0.2) is 23.0 Å². The Kier molecular flexibility index (Phi) is 16.1. The standard InChI is InChI=1S/C60H54O10/c1-60(2,3)70-58(61)49-34-51(63-37-43-22-10-4-11-23-43)55(52(35-49)64-38-44-24-12-5-13-25-44)69-54-50(59(62)68-42-48-32-20-9-21-33-48)36-53(65-39-45-26-14-6-15-27-45)56(66-40-46-28-16-7-17-29-46)57(54)67-41-47-30-18-8-19-31-47/h4-36H,37-42H2,1-3H3. The summed E-state index contributed by atoms with van der Waals surface area (Å²) in [5.74, 6) is -0.772. The first-order valence-corrected chi connectivity index (χ1v) is 23.0. The Morgan fingerprint density at radius 2 is 0.686 bits per heavy atom. The summed E-state index contributed by atoms with van der Waals surface area (Å²) in [6, 6.07) is 62.1. The van der Waals surface area contributed by atoms with Gasteiger partial charge in [-0.05, 0) is 66.3 Å². The number of esters is 2. The zero-order valence-corrected chi connectivity index (χ0v) is 39.4. The average Bonchev–Trinajstić information content (AvgIpc) is 3.39. The highest BCUT2D eigenvalue weighted by atomic mass is 16.6. The van der Waals surface area contributed by atoms with Crippen LogP contribution in [0.3, 0.4) is 0 Å². The highest BCUT2D eigenvalue weighted by molar-refractivity contribution is 5.96. The highest BCUT2D eigenvalue weighted by Crippen LogP contribution is 2.53. The fraction of sp³-hybridized carbons (Fsp3) is 0.167. The molecule has 8 aromatic rings. The molecule has 0 bridgehead atoms. The summed E-state index contributed by atoms with van der Waals surface area (Å²) in [5.41, 5.74) is 4.31. The molecule has 0 aliphatic rings. The molecule has 0 amide bonds. The molecular formula is C60H54O10.